The summed E-state index contributed by atoms with van der Waals surface area (Å²) in [7, 11) is 0. The highest BCUT2D eigenvalue weighted by Crippen LogP contribution is 2.09. The molecular weight excluding hydrogens is 242 g/mol. The molecule has 1 aromatic heterocycles. The van der Waals surface area contributed by atoms with Crippen LogP contribution in [0.2, 0.25) is 0 Å². The van der Waals surface area contributed by atoms with Gasteiger partial charge in [-0.05, 0) is 18.2 Å². The lowest BCUT2D eigenvalue weighted by Crippen LogP contribution is -2.19. The first-order chi connectivity index (χ1) is 9.17. The number of carbonyl (C=O) groups excluding carboxylic acids is 1. The fraction of sp³-hybridized carbons (Fsp3) is 0.0714. The molecular formula is C14H11N3O2. The van der Waals surface area contributed by atoms with Crippen molar-refractivity contribution in [2.24, 2.45) is 0 Å². The smallest absolute Gasteiger partial charge is 0.244 e. The zero-order valence-corrected chi connectivity index (χ0v) is 10.0. The lowest BCUT2D eigenvalue weighted by Gasteiger charge is -2.07. The molecule has 0 aliphatic heterocycles. The number of anilines is 1. The van der Waals surface area contributed by atoms with Crippen molar-refractivity contribution in [1.29, 1.82) is 5.26 Å². The van der Waals surface area contributed by atoms with Crippen molar-refractivity contribution in [1.82, 2.24) is 4.57 Å². The molecule has 1 aromatic carbocycles. The second-order valence-corrected chi connectivity index (χ2v) is 3.95. The molecule has 0 unspecified atom stereocenters. The van der Waals surface area contributed by atoms with Crippen molar-refractivity contribution in [3.63, 3.8) is 0 Å². The lowest BCUT2D eigenvalue weighted by molar-refractivity contribution is -0.116. The molecule has 1 amide bonds. The summed E-state index contributed by atoms with van der Waals surface area (Å²) in [5.41, 5.74) is 0.963. The molecule has 0 aliphatic rings. The maximum absolute atomic E-state index is 11.8. The van der Waals surface area contributed by atoms with Crippen molar-refractivity contribution in [2.45, 2.75) is 6.54 Å². The van der Waals surface area contributed by atoms with E-state index in [-0.39, 0.29) is 17.9 Å². The molecule has 19 heavy (non-hydrogen) atoms. The molecule has 0 saturated carbocycles. The van der Waals surface area contributed by atoms with Crippen LogP contribution in [0.5, 0.6) is 0 Å². The molecule has 0 saturated heterocycles. The zero-order valence-electron chi connectivity index (χ0n) is 10.0. The standard InChI is InChI=1S/C14H11N3O2/c15-9-11-2-1-3-12(8-11)16-14(19)10-17-6-4-13(18)5-7-17/h1-8H,10H2,(H,16,19). The number of nitrogens with zero attached hydrogens (tertiary/aromatic N) is 2. The maximum atomic E-state index is 11.8. The van der Waals surface area contributed by atoms with Gasteiger partial charge in [0, 0.05) is 30.2 Å². The number of hydrogen-bond acceptors (Lipinski definition) is 3. The second-order valence-electron chi connectivity index (χ2n) is 3.95. The molecule has 5 heteroatoms. The highest BCUT2D eigenvalue weighted by Gasteiger charge is 2.03. The Hall–Kier alpha value is -2.87. The summed E-state index contributed by atoms with van der Waals surface area (Å²) in [5, 5.41) is 11.5. The van der Waals surface area contributed by atoms with Gasteiger partial charge in [0.25, 0.3) is 0 Å². The number of hydrogen-bond donors (Lipinski definition) is 1. The first-order valence-corrected chi connectivity index (χ1v) is 5.63. The van der Waals surface area contributed by atoms with Crippen LogP contribution < -0.4 is 10.7 Å². The van der Waals surface area contributed by atoms with E-state index in [0.717, 1.165) is 0 Å². The van der Waals surface area contributed by atoms with E-state index >= 15 is 0 Å². The Morgan fingerprint density at radius 2 is 2.00 bits per heavy atom. The average Bonchev–Trinajstić information content (AvgIpc) is 2.41. The second kappa shape index (κ2) is 5.65. The molecule has 0 bridgehead atoms. The van der Waals surface area contributed by atoms with Gasteiger partial charge in [0.05, 0.1) is 11.6 Å². The fourth-order valence-electron chi connectivity index (χ4n) is 1.58. The minimum absolute atomic E-state index is 0.0987. The van der Waals surface area contributed by atoms with E-state index in [1.54, 1.807) is 41.2 Å². The van der Waals surface area contributed by atoms with E-state index in [2.05, 4.69) is 5.32 Å². The summed E-state index contributed by atoms with van der Waals surface area (Å²) in [6.45, 7) is 0.108. The van der Waals surface area contributed by atoms with Crippen LogP contribution in [0.15, 0.2) is 53.6 Å². The minimum Gasteiger partial charge on any atom is -0.345 e. The maximum Gasteiger partial charge on any atom is 0.244 e. The number of nitriles is 1. The first-order valence-electron chi connectivity index (χ1n) is 5.63. The van der Waals surface area contributed by atoms with Gasteiger partial charge < -0.3 is 9.88 Å². The van der Waals surface area contributed by atoms with E-state index in [4.69, 9.17) is 5.26 Å². The molecule has 1 N–H and O–H groups in total. The number of nitrogens with one attached hydrogen (secondary N) is 1. The molecule has 0 spiro atoms. The number of amides is 1. The van der Waals surface area contributed by atoms with Crippen LogP contribution in [-0.4, -0.2) is 10.5 Å². The minimum atomic E-state index is -0.223. The monoisotopic (exact) mass is 253 g/mol. The molecule has 0 aliphatic carbocycles. The summed E-state index contributed by atoms with van der Waals surface area (Å²) in [4.78, 5) is 22.7. The van der Waals surface area contributed by atoms with Crippen LogP contribution in [0.4, 0.5) is 5.69 Å². The third-order valence-electron chi connectivity index (χ3n) is 2.46. The Kier molecular flexibility index (Phi) is 3.74. The molecule has 1 heterocycles. The van der Waals surface area contributed by atoms with Crippen LogP contribution in [0.3, 0.4) is 0 Å². The third-order valence-corrected chi connectivity index (χ3v) is 2.46. The van der Waals surface area contributed by atoms with Crippen LogP contribution >= 0.6 is 0 Å². The Labute approximate surface area is 109 Å². The molecule has 2 aromatic rings. The van der Waals surface area contributed by atoms with E-state index in [1.165, 1.54) is 12.1 Å². The average molecular weight is 253 g/mol. The van der Waals surface area contributed by atoms with E-state index in [0.29, 0.717) is 11.3 Å². The molecule has 2 rings (SSSR count). The van der Waals surface area contributed by atoms with Crippen molar-refractivity contribution in [2.75, 3.05) is 5.32 Å². The van der Waals surface area contributed by atoms with Crippen molar-refractivity contribution in [3.8, 4) is 6.07 Å². The number of pyridine rings is 1. The Bertz CT molecular complexity index is 678. The molecule has 0 fully saturated rings. The molecule has 5 nitrogen and oxygen atoms in total. The molecule has 0 radical (unpaired) electrons. The quantitative estimate of drug-likeness (QED) is 0.897. The van der Waals surface area contributed by atoms with Crippen LogP contribution in [0.25, 0.3) is 0 Å². The largest absolute Gasteiger partial charge is 0.345 e. The lowest BCUT2D eigenvalue weighted by atomic mass is 10.2. The van der Waals surface area contributed by atoms with Gasteiger partial charge in [-0.1, -0.05) is 6.07 Å². The predicted molar refractivity (Wildman–Crippen MR) is 70.5 cm³/mol. The van der Waals surface area contributed by atoms with E-state index < -0.39 is 0 Å². The SMILES string of the molecule is N#Cc1cccc(NC(=O)Cn2ccc(=O)cc2)c1. The summed E-state index contributed by atoms with van der Waals surface area (Å²) in [5.74, 6) is -0.223. The van der Waals surface area contributed by atoms with Crippen molar-refractivity contribution >= 4 is 11.6 Å². The summed E-state index contributed by atoms with van der Waals surface area (Å²) >= 11 is 0. The normalized spacial score (nSPS) is 9.63. The molecule has 94 valence electrons. The van der Waals surface area contributed by atoms with Gasteiger partial charge in [-0.25, -0.2) is 0 Å². The van der Waals surface area contributed by atoms with Gasteiger partial charge in [-0.2, -0.15) is 5.26 Å². The summed E-state index contributed by atoms with van der Waals surface area (Å²) in [6, 6.07) is 11.5. The fourth-order valence-corrected chi connectivity index (χ4v) is 1.58. The highest BCUT2D eigenvalue weighted by atomic mass is 16.2. The van der Waals surface area contributed by atoms with Crippen LogP contribution in [0, 0.1) is 11.3 Å². The summed E-state index contributed by atoms with van der Waals surface area (Å²) < 4.78 is 1.60. The number of carbonyl (C=O) groups is 1. The first kappa shape index (κ1) is 12.6. The van der Waals surface area contributed by atoms with Gasteiger partial charge in [-0.15, -0.1) is 0 Å². The van der Waals surface area contributed by atoms with E-state index in [1.807, 2.05) is 6.07 Å². The predicted octanol–water partition coefficient (Wildman–Crippen LogP) is 1.36. The number of rotatable bonds is 3. The van der Waals surface area contributed by atoms with Gasteiger partial charge in [-0.3, -0.25) is 9.59 Å². The van der Waals surface area contributed by atoms with Crippen molar-refractivity contribution in [3.05, 3.63) is 64.6 Å². The van der Waals surface area contributed by atoms with Gasteiger partial charge in [0.2, 0.25) is 5.91 Å². The highest BCUT2D eigenvalue weighted by molar-refractivity contribution is 5.90. The Balaban J connectivity index is 2.03. The van der Waals surface area contributed by atoms with Crippen LogP contribution in [-0.2, 0) is 11.3 Å². The van der Waals surface area contributed by atoms with Crippen molar-refractivity contribution < 1.29 is 4.79 Å². The van der Waals surface area contributed by atoms with Gasteiger partial charge in [0.1, 0.15) is 6.54 Å². The third kappa shape index (κ3) is 3.54. The summed E-state index contributed by atoms with van der Waals surface area (Å²) in [6.07, 6.45) is 3.10. The topological polar surface area (TPSA) is 74.9 Å². The van der Waals surface area contributed by atoms with Gasteiger partial charge in [0.15, 0.2) is 5.43 Å². The number of benzene rings is 1. The Morgan fingerprint density at radius 3 is 2.68 bits per heavy atom. The molecule has 0 atom stereocenters. The zero-order chi connectivity index (χ0) is 13.7. The number of aromatic nitrogens is 1. The van der Waals surface area contributed by atoms with Crippen LogP contribution in [0.1, 0.15) is 5.56 Å². The Morgan fingerprint density at radius 1 is 1.26 bits per heavy atom. The van der Waals surface area contributed by atoms with E-state index in [9.17, 15) is 9.59 Å². The van der Waals surface area contributed by atoms with Gasteiger partial charge >= 0.3 is 0 Å².